The molecule has 1 unspecified atom stereocenters. The van der Waals surface area contributed by atoms with Crippen molar-refractivity contribution < 1.29 is 33.0 Å². The van der Waals surface area contributed by atoms with Crippen LogP contribution in [0.4, 0.5) is 0 Å². The molecule has 0 fully saturated rings. The highest BCUT2D eigenvalue weighted by molar-refractivity contribution is 7.56. The van der Waals surface area contributed by atoms with Crippen LogP contribution >= 0.6 is 7.52 Å². The number of benzene rings is 4. The van der Waals surface area contributed by atoms with Gasteiger partial charge in [0.1, 0.15) is 12.6 Å². The van der Waals surface area contributed by atoms with Crippen molar-refractivity contribution in [1.82, 2.24) is 15.3 Å². The van der Waals surface area contributed by atoms with Crippen LogP contribution in [0, 0.1) is 5.92 Å². The van der Waals surface area contributed by atoms with Gasteiger partial charge in [0.15, 0.2) is 0 Å². The van der Waals surface area contributed by atoms with Gasteiger partial charge in [0.2, 0.25) is 5.91 Å². The lowest BCUT2D eigenvalue weighted by Gasteiger charge is -2.28. The minimum atomic E-state index is -3.65. The number of rotatable bonds is 21. The minimum Gasteiger partial charge on any atom is -0.459 e. The molecule has 3 amide bonds. The maximum absolute atomic E-state index is 14.7. The average molecular weight is 752 g/mol. The smallest absolute Gasteiger partial charge is 0.328 e. The van der Waals surface area contributed by atoms with Crippen molar-refractivity contribution in [1.29, 1.82) is 0 Å². The summed E-state index contributed by atoms with van der Waals surface area (Å²) in [5, 5.41) is 6.05. The molecular weight excluding hydrogens is 701 g/mol. The summed E-state index contributed by atoms with van der Waals surface area (Å²) in [6.45, 7) is 4.39. The van der Waals surface area contributed by atoms with Gasteiger partial charge in [-0.05, 0) is 60.4 Å². The van der Waals surface area contributed by atoms with E-state index in [1.54, 1.807) is 24.3 Å². The number of amides is 3. The second kappa shape index (κ2) is 20.0. The molecule has 4 aromatic rings. The molecule has 5 rings (SSSR count). The first-order valence-electron chi connectivity index (χ1n) is 18.7. The Morgan fingerprint density at radius 3 is 1.76 bits per heavy atom. The largest absolute Gasteiger partial charge is 0.459 e. The Hall–Kier alpha value is -4.89. The second-order valence-electron chi connectivity index (χ2n) is 14.0. The van der Waals surface area contributed by atoms with Gasteiger partial charge in [-0.25, -0.2) is 9.88 Å². The Morgan fingerprint density at radius 2 is 1.19 bits per heavy atom. The van der Waals surface area contributed by atoms with Crippen LogP contribution in [0.2, 0.25) is 0 Å². The highest BCUT2D eigenvalue weighted by Crippen LogP contribution is 2.45. The minimum absolute atomic E-state index is 0.0757. The Labute approximate surface area is 318 Å². The van der Waals surface area contributed by atoms with Crippen molar-refractivity contribution in [3.63, 3.8) is 0 Å². The molecule has 54 heavy (non-hydrogen) atoms. The van der Waals surface area contributed by atoms with Gasteiger partial charge in [0, 0.05) is 12.7 Å². The van der Waals surface area contributed by atoms with Crippen LogP contribution in [-0.2, 0) is 43.0 Å². The summed E-state index contributed by atoms with van der Waals surface area (Å²) in [6.07, 6.45) is 3.21. The summed E-state index contributed by atoms with van der Waals surface area (Å²) in [7, 11) is -3.65. The Kier molecular flexibility index (Phi) is 14.9. The summed E-state index contributed by atoms with van der Waals surface area (Å²) in [4.78, 5) is 54.3. The van der Waals surface area contributed by atoms with E-state index in [-0.39, 0.29) is 43.5 Å². The van der Waals surface area contributed by atoms with Crippen LogP contribution in [0.1, 0.15) is 83.4 Å². The van der Waals surface area contributed by atoms with Crippen molar-refractivity contribution in [2.24, 2.45) is 5.92 Å². The second-order valence-corrected chi connectivity index (χ2v) is 16.3. The quantitative estimate of drug-likeness (QED) is 0.0383. The molecule has 284 valence electrons. The van der Waals surface area contributed by atoms with Crippen LogP contribution in [-0.4, -0.2) is 53.4 Å². The number of fused-ring (bicyclic) bond motifs is 1. The molecule has 1 aliphatic rings. The summed E-state index contributed by atoms with van der Waals surface area (Å²) in [6, 6.07) is 33.1. The summed E-state index contributed by atoms with van der Waals surface area (Å²) < 4.78 is 26.5. The first kappa shape index (κ1) is 40.3. The molecule has 2 N–H and O–H groups in total. The molecule has 0 radical (unpaired) electrons. The molecule has 0 saturated heterocycles. The van der Waals surface area contributed by atoms with Gasteiger partial charge in [0.05, 0.1) is 23.8 Å². The van der Waals surface area contributed by atoms with Gasteiger partial charge >= 0.3 is 5.97 Å². The lowest BCUT2D eigenvalue weighted by molar-refractivity contribution is -0.149. The normalized spacial score (nSPS) is 14.7. The van der Waals surface area contributed by atoms with Crippen LogP contribution in [0.5, 0.6) is 0 Å². The number of nitrogens with one attached hydrogen (secondary N) is 2. The maximum atomic E-state index is 14.7. The molecule has 10 nitrogen and oxygen atoms in total. The number of carbonyl (C=O) groups excluding carboxylic acids is 4. The van der Waals surface area contributed by atoms with E-state index in [9.17, 15) is 23.7 Å². The van der Waals surface area contributed by atoms with Crippen molar-refractivity contribution in [3.05, 3.63) is 143 Å². The number of carbonyl (C=O) groups is 4. The number of unbranched alkanes of at least 4 members (excludes halogenated alkanes) is 3. The Balaban J connectivity index is 1.26. The summed E-state index contributed by atoms with van der Waals surface area (Å²) in [5.41, 5.74) is 3.38. The number of imide groups is 1. The molecule has 4 aromatic carbocycles. The number of ether oxygens (including phenoxy) is 1. The van der Waals surface area contributed by atoms with E-state index >= 15 is 0 Å². The van der Waals surface area contributed by atoms with Crippen molar-refractivity contribution in [3.8, 4) is 0 Å². The van der Waals surface area contributed by atoms with Crippen molar-refractivity contribution in [2.45, 2.75) is 77.7 Å². The molecule has 0 aliphatic carbocycles. The SMILES string of the molecule is CC(C)C[C@H](NC(=O)[C@H](Cc1ccccc1)NP(=O)(CCCCCCN1C(=O)c2ccccc2C1=O)OCc1ccccc1)C(=O)OCc1ccccc1. The molecule has 11 heteroatoms. The third kappa shape index (κ3) is 11.8. The van der Waals surface area contributed by atoms with E-state index < -0.39 is 31.5 Å². The molecule has 1 heterocycles. The van der Waals surface area contributed by atoms with Crippen LogP contribution in [0.25, 0.3) is 0 Å². The lowest BCUT2D eigenvalue weighted by Crippen LogP contribution is -2.51. The number of nitrogens with zero attached hydrogens (tertiary/aromatic N) is 1. The Bertz CT molecular complexity index is 1850. The van der Waals surface area contributed by atoms with Gasteiger partial charge in [-0.3, -0.25) is 23.8 Å². The third-order valence-electron chi connectivity index (χ3n) is 9.23. The zero-order valence-electron chi connectivity index (χ0n) is 31.0. The van der Waals surface area contributed by atoms with Crippen molar-refractivity contribution >= 4 is 31.2 Å². The number of hydrogen-bond acceptors (Lipinski definition) is 7. The molecule has 0 spiro atoms. The molecule has 0 aromatic heterocycles. The Morgan fingerprint density at radius 1 is 0.667 bits per heavy atom. The molecule has 1 aliphatic heterocycles. The van der Waals surface area contributed by atoms with Gasteiger partial charge in [-0.1, -0.05) is 130 Å². The summed E-state index contributed by atoms with van der Waals surface area (Å²) >= 11 is 0. The third-order valence-corrected chi connectivity index (χ3v) is 11.4. The van der Waals surface area contributed by atoms with Crippen LogP contribution in [0.15, 0.2) is 115 Å². The predicted molar refractivity (Wildman–Crippen MR) is 209 cm³/mol. The van der Waals surface area contributed by atoms with Gasteiger partial charge in [-0.15, -0.1) is 0 Å². The topological polar surface area (TPSA) is 131 Å². The van der Waals surface area contributed by atoms with Crippen LogP contribution < -0.4 is 10.4 Å². The fourth-order valence-corrected chi connectivity index (χ4v) is 8.39. The highest BCUT2D eigenvalue weighted by atomic mass is 31.2. The maximum Gasteiger partial charge on any atom is 0.328 e. The lowest BCUT2D eigenvalue weighted by atomic mass is 10.0. The van der Waals surface area contributed by atoms with Gasteiger partial charge in [-0.2, -0.15) is 0 Å². The molecule has 3 atom stereocenters. The standard InChI is InChI=1S/C43H50N3O7P/c1-32(2)28-39(43(50)52-30-34-20-10-6-11-21-34)44-40(47)38(29-33-18-8-5-9-19-33)45-54(51,53-31-35-22-12-7-13-23-35)27-17-4-3-16-26-46-41(48)36-24-14-15-25-37(36)42(46)49/h5-15,18-25,32,38-39H,3-4,16-17,26-31H2,1-2H3,(H,44,47)(H,45,51)/t38-,39-,54?/m0/s1. The van der Waals surface area contributed by atoms with Crippen LogP contribution in [0.3, 0.4) is 0 Å². The number of esters is 1. The van der Waals surface area contributed by atoms with Gasteiger partial charge in [0.25, 0.3) is 19.3 Å². The van der Waals surface area contributed by atoms with E-state index in [2.05, 4.69) is 10.4 Å². The van der Waals surface area contributed by atoms with E-state index in [4.69, 9.17) is 9.26 Å². The monoisotopic (exact) mass is 751 g/mol. The zero-order chi connectivity index (χ0) is 38.3. The average Bonchev–Trinajstić information content (AvgIpc) is 3.42. The summed E-state index contributed by atoms with van der Waals surface area (Å²) in [5.74, 6) is -1.49. The fourth-order valence-electron chi connectivity index (χ4n) is 6.38. The van der Waals surface area contributed by atoms with Gasteiger partial charge < -0.3 is 14.6 Å². The fraction of sp³-hybridized carbons (Fsp3) is 0.349. The predicted octanol–water partition coefficient (Wildman–Crippen LogP) is 7.73. The number of hydrogen-bond donors (Lipinski definition) is 2. The van der Waals surface area contributed by atoms with E-state index in [0.29, 0.717) is 49.8 Å². The molecular formula is C43H50N3O7P. The van der Waals surface area contributed by atoms with E-state index in [0.717, 1.165) is 16.7 Å². The van der Waals surface area contributed by atoms with Crippen molar-refractivity contribution in [2.75, 3.05) is 12.7 Å². The van der Waals surface area contributed by atoms with E-state index in [1.165, 1.54) is 4.90 Å². The first-order chi connectivity index (χ1) is 26.1. The zero-order valence-corrected chi connectivity index (χ0v) is 31.9. The van der Waals surface area contributed by atoms with E-state index in [1.807, 2.05) is 105 Å². The highest BCUT2D eigenvalue weighted by Gasteiger charge is 2.35. The first-order valence-corrected chi connectivity index (χ1v) is 20.5. The molecule has 0 saturated carbocycles. The molecule has 0 bridgehead atoms.